The van der Waals surface area contributed by atoms with Gasteiger partial charge in [-0.1, -0.05) is 36.4 Å². The molecule has 0 spiro atoms. The quantitative estimate of drug-likeness (QED) is 0.368. The molecule has 1 aromatic carbocycles. The van der Waals surface area contributed by atoms with E-state index in [9.17, 15) is 5.26 Å². The second-order valence-corrected chi connectivity index (χ2v) is 5.62. The van der Waals surface area contributed by atoms with Gasteiger partial charge in [0.1, 0.15) is 6.04 Å². The number of likely N-dealkylation sites (N-methyl/N-ethyl adjacent to an activating group) is 1. The average Bonchev–Trinajstić information content (AvgIpc) is 2.60. The lowest BCUT2D eigenvalue weighted by molar-refractivity contribution is 0.401. The number of rotatable bonds is 6. The Hall–Kier alpha value is -2.91. The molecule has 0 fully saturated rings. The smallest absolute Gasteiger partial charge is 0.205 e. The normalized spacial score (nSPS) is 11.6. The van der Waals surface area contributed by atoms with Crippen molar-refractivity contribution in [2.45, 2.75) is 6.04 Å². The maximum atomic E-state index is 9.65. The predicted molar refractivity (Wildman–Crippen MR) is 94.3 cm³/mol. The second kappa shape index (κ2) is 8.65. The van der Waals surface area contributed by atoms with Crippen LogP contribution in [0.25, 0.3) is 0 Å². The molecule has 0 saturated carbocycles. The standard InChI is InChI=1S/C18H22N6/c1-23(2)13-12-22-18(20)24(14-19)17(15-8-4-3-5-9-15)16-10-6-7-11-21-16/h3-11,17H,12-13H2,1-2H3,(H2,20,22). The lowest BCUT2D eigenvalue weighted by Crippen LogP contribution is -2.42. The highest BCUT2D eigenvalue weighted by Gasteiger charge is 2.25. The Morgan fingerprint density at radius 3 is 2.50 bits per heavy atom. The van der Waals surface area contributed by atoms with Crippen molar-refractivity contribution in [3.63, 3.8) is 0 Å². The highest BCUT2D eigenvalue weighted by molar-refractivity contribution is 5.79. The third-order valence-electron chi connectivity index (χ3n) is 3.54. The van der Waals surface area contributed by atoms with E-state index >= 15 is 0 Å². The molecule has 0 amide bonds. The summed E-state index contributed by atoms with van der Waals surface area (Å²) in [5, 5.41) is 20.9. The van der Waals surface area contributed by atoms with Crippen LogP contribution in [0.1, 0.15) is 17.3 Å². The van der Waals surface area contributed by atoms with Crippen LogP contribution in [0.15, 0.2) is 54.7 Å². The van der Waals surface area contributed by atoms with Crippen molar-refractivity contribution >= 4 is 5.96 Å². The molecule has 6 nitrogen and oxygen atoms in total. The van der Waals surface area contributed by atoms with Crippen molar-refractivity contribution in [2.24, 2.45) is 0 Å². The molecule has 6 heteroatoms. The van der Waals surface area contributed by atoms with Crippen molar-refractivity contribution in [1.82, 2.24) is 20.1 Å². The lowest BCUT2D eigenvalue weighted by Gasteiger charge is -2.27. The van der Waals surface area contributed by atoms with Crippen LogP contribution in [0.3, 0.4) is 0 Å². The Kier molecular flexibility index (Phi) is 6.29. The molecule has 2 N–H and O–H groups in total. The summed E-state index contributed by atoms with van der Waals surface area (Å²) in [6, 6.07) is 14.8. The maximum absolute atomic E-state index is 9.65. The Labute approximate surface area is 142 Å². The first-order chi connectivity index (χ1) is 11.6. The fourth-order valence-corrected chi connectivity index (χ4v) is 2.35. The van der Waals surface area contributed by atoms with Crippen LogP contribution in [0.2, 0.25) is 0 Å². The van der Waals surface area contributed by atoms with E-state index in [-0.39, 0.29) is 5.96 Å². The number of hydrogen-bond donors (Lipinski definition) is 2. The molecule has 0 radical (unpaired) electrons. The molecule has 1 unspecified atom stereocenters. The van der Waals surface area contributed by atoms with Gasteiger partial charge in [0.15, 0.2) is 6.19 Å². The predicted octanol–water partition coefficient (Wildman–Crippen LogP) is 2.04. The molecule has 0 saturated heterocycles. The first kappa shape index (κ1) is 17.4. The molecule has 1 atom stereocenters. The molecule has 1 heterocycles. The number of nitrogens with zero attached hydrogens (tertiary/aromatic N) is 4. The summed E-state index contributed by atoms with van der Waals surface area (Å²) in [5.41, 5.74) is 1.64. The first-order valence-electron chi connectivity index (χ1n) is 7.75. The van der Waals surface area contributed by atoms with Crippen molar-refractivity contribution in [2.75, 3.05) is 27.2 Å². The van der Waals surface area contributed by atoms with Gasteiger partial charge in [-0.25, -0.2) is 4.90 Å². The molecular formula is C18H22N6. The number of nitriles is 1. The third kappa shape index (κ3) is 4.54. The van der Waals surface area contributed by atoms with Crippen molar-refractivity contribution < 1.29 is 0 Å². The van der Waals surface area contributed by atoms with E-state index in [0.717, 1.165) is 17.8 Å². The molecule has 1 aromatic heterocycles. The van der Waals surface area contributed by atoms with E-state index in [1.807, 2.05) is 67.5 Å². The zero-order valence-corrected chi connectivity index (χ0v) is 14.0. The lowest BCUT2D eigenvalue weighted by atomic mass is 10.0. The second-order valence-electron chi connectivity index (χ2n) is 5.62. The summed E-state index contributed by atoms with van der Waals surface area (Å²) in [6.07, 6.45) is 3.83. The van der Waals surface area contributed by atoms with Gasteiger partial charge < -0.3 is 10.2 Å². The number of pyridine rings is 1. The number of benzene rings is 1. The van der Waals surface area contributed by atoms with Crippen LogP contribution in [0, 0.1) is 16.9 Å². The summed E-state index contributed by atoms with van der Waals surface area (Å²) >= 11 is 0. The fraction of sp³-hybridized carbons (Fsp3) is 0.278. The largest absolute Gasteiger partial charge is 0.354 e. The Morgan fingerprint density at radius 2 is 1.92 bits per heavy atom. The molecular weight excluding hydrogens is 300 g/mol. The van der Waals surface area contributed by atoms with Crippen molar-refractivity contribution in [3.8, 4) is 6.19 Å². The fourth-order valence-electron chi connectivity index (χ4n) is 2.35. The van der Waals surface area contributed by atoms with Gasteiger partial charge in [0.25, 0.3) is 0 Å². The van der Waals surface area contributed by atoms with E-state index in [4.69, 9.17) is 5.41 Å². The van der Waals surface area contributed by atoms with Crippen molar-refractivity contribution in [3.05, 3.63) is 66.0 Å². The third-order valence-corrected chi connectivity index (χ3v) is 3.54. The van der Waals surface area contributed by atoms with Crippen LogP contribution in [0.5, 0.6) is 0 Å². The van der Waals surface area contributed by atoms with Gasteiger partial charge in [-0.3, -0.25) is 10.4 Å². The Bertz CT molecular complexity index is 638. The summed E-state index contributed by atoms with van der Waals surface area (Å²) < 4.78 is 0. The van der Waals surface area contributed by atoms with E-state index < -0.39 is 6.04 Å². The molecule has 2 rings (SSSR count). The van der Waals surface area contributed by atoms with E-state index in [0.29, 0.717) is 6.54 Å². The molecule has 0 aliphatic heterocycles. The van der Waals surface area contributed by atoms with Gasteiger partial charge in [-0.15, -0.1) is 0 Å². The highest BCUT2D eigenvalue weighted by atomic mass is 15.3. The van der Waals surface area contributed by atoms with E-state index in [1.165, 1.54) is 4.90 Å². The van der Waals surface area contributed by atoms with Crippen LogP contribution in [-0.4, -0.2) is 47.9 Å². The molecule has 2 aromatic rings. The number of nitrogens with one attached hydrogen (secondary N) is 2. The summed E-state index contributed by atoms with van der Waals surface area (Å²) in [5.74, 6) is 0.0684. The molecule has 0 bridgehead atoms. The van der Waals surface area contributed by atoms with E-state index in [2.05, 4.69) is 16.5 Å². The van der Waals surface area contributed by atoms with E-state index in [1.54, 1.807) is 6.20 Å². The van der Waals surface area contributed by atoms with Crippen LogP contribution < -0.4 is 5.32 Å². The van der Waals surface area contributed by atoms with Crippen LogP contribution in [0.4, 0.5) is 0 Å². The minimum Gasteiger partial charge on any atom is -0.354 e. The molecule has 0 aliphatic rings. The van der Waals surface area contributed by atoms with Gasteiger partial charge in [-0.05, 0) is 31.8 Å². The summed E-state index contributed by atoms with van der Waals surface area (Å²) in [6.45, 7) is 1.37. The Morgan fingerprint density at radius 1 is 1.21 bits per heavy atom. The van der Waals surface area contributed by atoms with Gasteiger partial charge in [0.05, 0.1) is 5.69 Å². The number of hydrogen-bond acceptors (Lipinski definition) is 4. The molecule has 124 valence electrons. The SMILES string of the molecule is CN(C)CCNC(=N)N(C#N)C(c1ccccc1)c1ccccn1. The zero-order valence-electron chi connectivity index (χ0n) is 14.0. The van der Waals surface area contributed by atoms with Crippen molar-refractivity contribution in [1.29, 1.82) is 10.7 Å². The number of guanidine groups is 1. The first-order valence-corrected chi connectivity index (χ1v) is 7.75. The minimum atomic E-state index is -0.434. The monoisotopic (exact) mass is 322 g/mol. The summed E-state index contributed by atoms with van der Waals surface area (Å²) in [7, 11) is 3.93. The highest BCUT2D eigenvalue weighted by Crippen LogP contribution is 2.26. The number of aromatic nitrogens is 1. The minimum absolute atomic E-state index is 0.0684. The maximum Gasteiger partial charge on any atom is 0.205 e. The van der Waals surface area contributed by atoms with Gasteiger partial charge in [-0.2, -0.15) is 5.26 Å². The molecule has 0 aliphatic carbocycles. The Balaban J connectivity index is 2.28. The van der Waals surface area contributed by atoms with Gasteiger partial charge in [0, 0.05) is 19.3 Å². The molecule has 24 heavy (non-hydrogen) atoms. The van der Waals surface area contributed by atoms with Gasteiger partial charge in [0.2, 0.25) is 5.96 Å². The average molecular weight is 322 g/mol. The van der Waals surface area contributed by atoms with Gasteiger partial charge >= 0.3 is 0 Å². The van der Waals surface area contributed by atoms with Crippen LogP contribution in [-0.2, 0) is 0 Å². The zero-order chi connectivity index (χ0) is 17.4. The summed E-state index contributed by atoms with van der Waals surface area (Å²) in [4.78, 5) is 7.76. The topological polar surface area (TPSA) is 79.0 Å². The van der Waals surface area contributed by atoms with Crippen LogP contribution >= 0.6 is 0 Å².